The van der Waals surface area contributed by atoms with Gasteiger partial charge >= 0.3 is 5.97 Å². The van der Waals surface area contributed by atoms with Crippen LogP contribution in [0.25, 0.3) is 0 Å². The quantitative estimate of drug-likeness (QED) is 0.848. The number of carboxylic acid groups (broad SMARTS) is 1. The predicted octanol–water partition coefficient (Wildman–Crippen LogP) is 3.14. The van der Waals surface area contributed by atoms with Crippen LogP contribution < -0.4 is 5.32 Å². The fraction of sp³-hybridized carbons (Fsp3) is 0.267. The Balaban J connectivity index is 1.88. The average Bonchev–Trinajstić information content (AvgIpc) is 3.04. The van der Waals surface area contributed by atoms with Crippen LogP contribution in [0.3, 0.4) is 0 Å². The second-order valence-electron chi connectivity index (χ2n) is 4.99. The number of aromatic nitrogens is 1. The molecule has 1 atom stereocenters. The number of anilines is 1. The third-order valence-electron chi connectivity index (χ3n) is 3.58. The molecule has 5 nitrogen and oxygen atoms in total. The van der Waals surface area contributed by atoms with Crippen LogP contribution in [0.1, 0.15) is 50.7 Å². The minimum atomic E-state index is -1.17. The SMILES string of the molecule is CC(=O)c1sc(NC2CCc3ccccc32)nc1C(=O)O. The number of benzene rings is 1. The Morgan fingerprint density at radius 3 is 2.81 bits per heavy atom. The van der Waals surface area contributed by atoms with Gasteiger partial charge in [-0.1, -0.05) is 35.6 Å². The highest BCUT2D eigenvalue weighted by molar-refractivity contribution is 7.17. The van der Waals surface area contributed by atoms with Gasteiger partial charge in [0, 0.05) is 6.92 Å². The van der Waals surface area contributed by atoms with E-state index in [0.717, 1.165) is 24.2 Å². The largest absolute Gasteiger partial charge is 0.476 e. The number of ketones is 1. The van der Waals surface area contributed by atoms with E-state index in [0.29, 0.717) is 5.13 Å². The van der Waals surface area contributed by atoms with E-state index in [9.17, 15) is 9.59 Å². The number of hydrogen-bond acceptors (Lipinski definition) is 5. The number of hydrogen-bond donors (Lipinski definition) is 2. The summed E-state index contributed by atoms with van der Waals surface area (Å²) < 4.78 is 0. The van der Waals surface area contributed by atoms with Gasteiger partial charge in [0.1, 0.15) is 4.88 Å². The zero-order valence-corrected chi connectivity index (χ0v) is 12.2. The molecule has 1 aliphatic carbocycles. The number of aromatic carboxylic acids is 1. The highest BCUT2D eigenvalue weighted by Crippen LogP contribution is 2.35. The number of carbonyl (C=O) groups excluding carboxylic acids is 1. The number of nitrogens with zero attached hydrogens (tertiary/aromatic N) is 1. The van der Waals surface area contributed by atoms with E-state index in [1.54, 1.807) is 0 Å². The van der Waals surface area contributed by atoms with Crippen LogP contribution in [0, 0.1) is 0 Å². The van der Waals surface area contributed by atoms with Crippen molar-refractivity contribution in [1.82, 2.24) is 4.98 Å². The molecule has 1 aliphatic rings. The Morgan fingerprint density at radius 2 is 2.14 bits per heavy atom. The maximum Gasteiger partial charge on any atom is 0.356 e. The van der Waals surface area contributed by atoms with Crippen LogP contribution in [-0.4, -0.2) is 21.8 Å². The van der Waals surface area contributed by atoms with Crippen molar-refractivity contribution < 1.29 is 14.7 Å². The molecule has 1 heterocycles. The Bertz CT molecular complexity index is 692. The molecule has 0 fully saturated rings. The van der Waals surface area contributed by atoms with Crippen LogP contribution in [0.15, 0.2) is 24.3 Å². The van der Waals surface area contributed by atoms with Crippen molar-refractivity contribution in [2.75, 3.05) is 5.32 Å². The number of carbonyl (C=O) groups is 2. The second kappa shape index (κ2) is 5.29. The molecule has 2 N–H and O–H groups in total. The zero-order valence-electron chi connectivity index (χ0n) is 11.4. The summed E-state index contributed by atoms with van der Waals surface area (Å²) in [6.07, 6.45) is 1.93. The first-order valence-corrected chi connectivity index (χ1v) is 7.47. The van der Waals surface area contributed by atoms with Crippen molar-refractivity contribution in [3.63, 3.8) is 0 Å². The second-order valence-corrected chi connectivity index (χ2v) is 5.99. The van der Waals surface area contributed by atoms with Gasteiger partial charge in [0.2, 0.25) is 0 Å². The van der Waals surface area contributed by atoms with Crippen molar-refractivity contribution in [3.8, 4) is 0 Å². The third kappa shape index (κ3) is 2.54. The van der Waals surface area contributed by atoms with Crippen LogP contribution in [0.5, 0.6) is 0 Å². The van der Waals surface area contributed by atoms with Crippen LogP contribution >= 0.6 is 11.3 Å². The molecule has 0 aliphatic heterocycles. The van der Waals surface area contributed by atoms with E-state index >= 15 is 0 Å². The van der Waals surface area contributed by atoms with E-state index in [-0.39, 0.29) is 22.4 Å². The summed E-state index contributed by atoms with van der Waals surface area (Å²) in [7, 11) is 0. The summed E-state index contributed by atoms with van der Waals surface area (Å²) >= 11 is 1.10. The maximum absolute atomic E-state index is 11.5. The van der Waals surface area contributed by atoms with Crippen molar-refractivity contribution in [1.29, 1.82) is 0 Å². The Hall–Kier alpha value is -2.21. The minimum Gasteiger partial charge on any atom is -0.476 e. The molecule has 0 bridgehead atoms. The molecule has 0 saturated heterocycles. The van der Waals surface area contributed by atoms with E-state index in [1.807, 2.05) is 12.1 Å². The monoisotopic (exact) mass is 302 g/mol. The van der Waals surface area contributed by atoms with E-state index in [1.165, 1.54) is 18.1 Å². The highest BCUT2D eigenvalue weighted by Gasteiger charge is 2.25. The lowest BCUT2D eigenvalue weighted by molar-refractivity contribution is 0.0687. The first-order chi connectivity index (χ1) is 10.1. The van der Waals surface area contributed by atoms with Gasteiger partial charge in [-0.25, -0.2) is 9.78 Å². The van der Waals surface area contributed by atoms with E-state index < -0.39 is 5.97 Å². The Morgan fingerprint density at radius 1 is 1.38 bits per heavy atom. The van der Waals surface area contributed by atoms with Gasteiger partial charge in [0.05, 0.1) is 6.04 Å². The number of Topliss-reactive ketones (excluding diaryl/α,β-unsaturated/α-hetero) is 1. The van der Waals surface area contributed by atoms with Gasteiger partial charge in [-0.05, 0) is 24.0 Å². The third-order valence-corrected chi connectivity index (χ3v) is 4.67. The lowest BCUT2D eigenvalue weighted by Crippen LogP contribution is -2.07. The molecule has 3 rings (SSSR count). The Labute approximate surface area is 125 Å². The fourth-order valence-electron chi connectivity index (χ4n) is 2.62. The average molecular weight is 302 g/mol. The molecule has 0 radical (unpaired) electrons. The summed E-state index contributed by atoms with van der Waals surface area (Å²) in [5, 5.41) is 12.9. The lowest BCUT2D eigenvalue weighted by Gasteiger charge is -2.12. The van der Waals surface area contributed by atoms with Crippen LogP contribution in [-0.2, 0) is 6.42 Å². The normalized spacial score (nSPS) is 16.5. The zero-order chi connectivity index (χ0) is 15.0. The maximum atomic E-state index is 11.5. The molecule has 0 spiro atoms. The van der Waals surface area contributed by atoms with Crippen molar-refractivity contribution in [2.45, 2.75) is 25.8 Å². The number of aryl methyl sites for hydroxylation is 1. The van der Waals surface area contributed by atoms with Gasteiger partial charge in [-0.3, -0.25) is 4.79 Å². The summed E-state index contributed by atoms with van der Waals surface area (Å²) in [5.41, 5.74) is 2.35. The van der Waals surface area contributed by atoms with Gasteiger partial charge in [-0.15, -0.1) is 0 Å². The molecule has 108 valence electrons. The molecule has 1 aromatic carbocycles. The molecule has 1 aromatic heterocycles. The molecule has 1 unspecified atom stereocenters. The molecule has 21 heavy (non-hydrogen) atoms. The number of thiazole rings is 1. The van der Waals surface area contributed by atoms with Crippen LogP contribution in [0.2, 0.25) is 0 Å². The lowest BCUT2D eigenvalue weighted by atomic mass is 10.1. The number of carboxylic acids is 1. The molecule has 6 heteroatoms. The molecule has 0 amide bonds. The molecular formula is C15H14N2O3S. The Kier molecular flexibility index (Phi) is 3.47. The first kappa shape index (κ1) is 13.8. The predicted molar refractivity (Wildman–Crippen MR) is 80.2 cm³/mol. The fourth-order valence-corrected chi connectivity index (χ4v) is 3.53. The summed E-state index contributed by atoms with van der Waals surface area (Å²) in [4.78, 5) is 26.9. The van der Waals surface area contributed by atoms with Crippen LogP contribution in [0.4, 0.5) is 5.13 Å². The van der Waals surface area contributed by atoms with Crippen molar-refractivity contribution in [2.24, 2.45) is 0 Å². The first-order valence-electron chi connectivity index (χ1n) is 6.65. The van der Waals surface area contributed by atoms with Crippen molar-refractivity contribution in [3.05, 3.63) is 46.0 Å². The molecule has 0 saturated carbocycles. The van der Waals surface area contributed by atoms with E-state index in [2.05, 4.69) is 22.4 Å². The smallest absolute Gasteiger partial charge is 0.356 e. The summed E-state index contributed by atoms with van der Waals surface area (Å²) in [6, 6.07) is 8.29. The molecular weight excluding hydrogens is 288 g/mol. The minimum absolute atomic E-state index is 0.119. The van der Waals surface area contributed by atoms with Gasteiger partial charge in [-0.2, -0.15) is 0 Å². The van der Waals surface area contributed by atoms with Crippen molar-refractivity contribution >= 4 is 28.2 Å². The van der Waals surface area contributed by atoms with Gasteiger partial charge in [0.25, 0.3) is 0 Å². The topological polar surface area (TPSA) is 79.3 Å². The number of rotatable bonds is 4. The van der Waals surface area contributed by atoms with Gasteiger partial charge < -0.3 is 10.4 Å². The van der Waals surface area contributed by atoms with E-state index in [4.69, 9.17) is 5.11 Å². The number of nitrogens with one attached hydrogen (secondary N) is 1. The summed E-state index contributed by atoms with van der Waals surface area (Å²) in [6.45, 7) is 1.36. The van der Waals surface area contributed by atoms with Gasteiger partial charge in [0.15, 0.2) is 16.6 Å². The summed E-state index contributed by atoms with van der Waals surface area (Å²) in [5.74, 6) is -1.44. The highest BCUT2D eigenvalue weighted by atomic mass is 32.1. The number of fused-ring (bicyclic) bond motifs is 1. The molecule has 2 aromatic rings. The standard InChI is InChI=1S/C15H14N2O3S/c1-8(18)13-12(14(19)20)17-15(21-13)16-11-7-6-9-4-2-3-5-10(9)11/h2-5,11H,6-7H2,1H3,(H,16,17)(H,19,20).